The topological polar surface area (TPSA) is 95.1 Å². The van der Waals surface area contributed by atoms with E-state index < -0.39 is 0 Å². The third-order valence-electron chi connectivity index (χ3n) is 5.41. The van der Waals surface area contributed by atoms with E-state index in [1.165, 1.54) is 0 Å². The van der Waals surface area contributed by atoms with Crippen molar-refractivity contribution in [3.63, 3.8) is 0 Å². The van der Waals surface area contributed by atoms with Gasteiger partial charge in [0.2, 0.25) is 11.8 Å². The van der Waals surface area contributed by atoms with E-state index in [1.54, 1.807) is 14.2 Å². The molecule has 0 spiro atoms. The Balaban J connectivity index is 1.51. The van der Waals surface area contributed by atoms with E-state index in [1.807, 2.05) is 48.5 Å². The second-order valence-corrected chi connectivity index (χ2v) is 8.46. The fourth-order valence-electron chi connectivity index (χ4n) is 3.54. The number of nitrogens with one attached hydrogen (secondary N) is 2. The Hall–Kier alpha value is -3.10. The molecule has 2 rings (SSSR count). The van der Waals surface area contributed by atoms with Crippen LogP contribution in [0.25, 0.3) is 0 Å². The largest absolute Gasteiger partial charge is 0.491 e. The predicted octanol–water partition coefficient (Wildman–Crippen LogP) is 5.44. The Morgan fingerprint density at radius 1 is 0.611 bits per heavy atom. The summed E-state index contributed by atoms with van der Waals surface area (Å²) in [5, 5.41) is 5.85. The number of carbonyl (C=O) groups excluding carboxylic acids is 2. The first kappa shape index (κ1) is 29.1. The number of hydrogen-bond acceptors (Lipinski definition) is 6. The molecule has 0 fully saturated rings. The highest BCUT2D eigenvalue weighted by Crippen LogP contribution is 2.19. The molecular formula is C28H40N2O6. The van der Waals surface area contributed by atoms with E-state index in [9.17, 15) is 9.59 Å². The van der Waals surface area contributed by atoms with Crippen LogP contribution in [0.4, 0.5) is 11.4 Å². The number of hydrogen-bond donors (Lipinski definition) is 2. The van der Waals surface area contributed by atoms with Crippen molar-refractivity contribution in [1.29, 1.82) is 0 Å². The summed E-state index contributed by atoms with van der Waals surface area (Å²) in [7, 11) is 3.26. The van der Waals surface area contributed by atoms with Crippen LogP contribution in [0.1, 0.15) is 51.4 Å². The van der Waals surface area contributed by atoms with E-state index in [4.69, 9.17) is 18.9 Å². The van der Waals surface area contributed by atoms with Gasteiger partial charge < -0.3 is 29.6 Å². The lowest BCUT2D eigenvalue weighted by atomic mass is 10.1. The molecule has 2 aromatic rings. The average Bonchev–Trinajstić information content (AvgIpc) is 2.86. The molecule has 8 nitrogen and oxygen atoms in total. The third kappa shape index (κ3) is 13.1. The molecule has 0 atom stereocenters. The van der Waals surface area contributed by atoms with E-state index >= 15 is 0 Å². The molecule has 0 saturated carbocycles. The lowest BCUT2D eigenvalue weighted by Crippen LogP contribution is -2.11. The average molecular weight is 501 g/mol. The number of methoxy groups -OCH3 is 2. The van der Waals surface area contributed by atoms with Gasteiger partial charge in [0.05, 0.1) is 13.2 Å². The summed E-state index contributed by atoms with van der Waals surface area (Å²) < 4.78 is 21.1. The van der Waals surface area contributed by atoms with Gasteiger partial charge in [0.15, 0.2) is 0 Å². The van der Waals surface area contributed by atoms with Gasteiger partial charge in [-0.2, -0.15) is 0 Å². The molecule has 36 heavy (non-hydrogen) atoms. The van der Waals surface area contributed by atoms with Crippen LogP contribution in [-0.4, -0.2) is 52.5 Å². The maximum Gasteiger partial charge on any atom is 0.224 e. The Bertz CT molecular complexity index is 832. The van der Waals surface area contributed by atoms with E-state index in [2.05, 4.69) is 10.6 Å². The van der Waals surface area contributed by atoms with Crippen LogP contribution in [0.2, 0.25) is 0 Å². The van der Waals surface area contributed by atoms with Crippen molar-refractivity contribution in [2.45, 2.75) is 51.4 Å². The summed E-state index contributed by atoms with van der Waals surface area (Å²) in [4.78, 5) is 24.4. The van der Waals surface area contributed by atoms with Gasteiger partial charge >= 0.3 is 0 Å². The summed E-state index contributed by atoms with van der Waals surface area (Å²) in [6, 6.07) is 14.8. The lowest BCUT2D eigenvalue weighted by molar-refractivity contribution is -0.117. The predicted molar refractivity (Wildman–Crippen MR) is 142 cm³/mol. The summed E-state index contributed by atoms with van der Waals surface area (Å²) in [5.74, 6) is 1.43. The molecule has 0 radical (unpaired) electrons. The molecule has 0 aliphatic carbocycles. The monoisotopic (exact) mass is 500 g/mol. The van der Waals surface area contributed by atoms with Crippen LogP contribution in [0.15, 0.2) is 48.5 Å². The first-order valence-electron chi connectivity index (χ1n) is 12.6. The summed E-state index contributed by atoms with van der Waals surface area (Å²) in [6.07, 6.45) is 6.78. The van der Waals surface area contributed by atoms with Crippen molar-refractivity contribution in [2.75, 3.05) is 51.3 Å². The maximum atomic E-state index is 12.2. The second kappa shape index (κ2) is 18.2. The normalized spacial score (nSPS) is 10.6. The maximum absolute atomic E-state index is 12.2. The Labute approximate surface area is 214 Å². The van der Waals surface area contributed by atoms with Crippen LogP contribution in [0, 0.1) is 0 Å². The fraction of sp³-hybridized carbons (Fsp3) is 0.500. The molecule has 0 aromatic heterocycles. The van der Waals surface area contributed by atoms with Crippen molar-refractivity contribution < 1.29 is 28.5 Å². The molecule has 0 heterocycles. The van der Waals surface area contributed by atoms with Gasteiger partial charge in [0.25, 0.3) is 0 Å². The highest BCUT2D eigenvalue weighted by molar-refractivity contribution is 5.91. The molecule has 0 bridgehead atoms. The van der Waals surface area contributed by atoms with Gasteiger partial charge in [-0.3, -0.25) is 9.59 Å². The van der Waals surface area contributed by atoms with Crippen LogP contribution in [0.3, 0.4) is 0 Å². The molecule has 0 aliphatic heterocycles. The molecule has 8 heteroatoms. The Morgan fingerprint density at radius 3 is 1.44 bits per heavy atom. The van der Waals surface area contributed by atoms with E-state index in [0.717, 1.165) is 49.9 Å². The summed E-state index contributed by atoms with van der Waals surface area (Å²) in [5.41, 5.74) is 1.47. The van der Waals surface area contributed by atoms with Gasteiger partial charge in [-0.25, -0.2) is 0 Å². The number of rotatable bonds is 19. The molecular weight excluding hydrogens is 460 g/mol. The summed E-state index contributed by atoms with van der Waals surface area (Å²) in [6.45, 7) is 1.98. The molecule has 0 unspecified atom stereocenters. The standard InChI is InChI=1S/C28H40N2O6/c1-33-17-19-35-25-13-9-11-23(21-25)29-27(31)15-7-5-3-4-6-8-16-28(32)30-24-12-10-14-26(22-24)36-20-18-34-2/h9-14,21-22H,3-8,15-20H2,1-2H3,(H,29,31)(H,30,32). The van der Waals surface area contributed by atoms with Crippen LogP contribution >= 0.6 is 0 Å². The van der Waals surface area contributed by atoms with Gasteiger partial charge in [-0.15, -0.1) is 0 Å². The fourth-order valence-corrected chi connectivity index (χ4v) is 3.54. The first-order chi connectivity index (χ1) is 17.6. The quantitative estimate of drug-likeness (QED) is 0.250. The van der Waals surface area contributed by atoms with E-state index in [-0.39, 0.29) is 11.8 Å². The first-order valence-corrected chi connectivity index (χ1v) is 12.6. The third-order valence-corrected chi connectivity index (χ3v) is 5.41. The molecule has 198 valence electrons. The van der Waals surface area contributed by atoms with Crippen molar-refractivity contribution in [3.8, 4) is 11.5 Å². The smallest absolute Gasteiger partial charge is 0.224 e. The van der Waals surface area contributed by atoms with Gasteiger partial charge in [-0.1, -0.05) is 37.8 Å². The molecule has 0 aliphatic rings. The number of amides is 2. The van der Waals surface area contributed by atoms with Crippen LogP contribution in [0.5, 0.6) is 11.5 Å². The number of anilines is 2. The number of ether oxygens (including phenoxy) is 4. The van der Waals surface area contributed by atoms with Gasteiger partial charge in [0, 0.05) is 50.6 Å². The SMILES string of the molecule is COCCOc1cccc(NC(=O)CCCCCCCCC(=O)Nc2cccc(OCCOC)c2)c1. The summed E-state index contributed by atoms with van der Waals surface area (Å²) >= 11 is 0. The Kier molecular flexibility index (Phi) is 14.7. The van der Waals surface area contributed by atoms with Crippen LogP contribution in [-0.2, 0) is 19.1 Å². The molecule has 0 saturated heterocycles. The van der Waals surface area contributed by atoms with Crippen molar-refractivity contribution in [2.24, 2.45) is 0 Å². The minimum Gasteiger partial charge on any atom is -0.491 e. The van der Waals surface area contributed by atoms with Gasteiger partial charge in [0.1, 0.15) is 24.7 Å². The minimum atomic E-state index is 0.00822. The van der Waals surface area contributed by atoms with Gasteiger partial charge in [-0.05, 0) is 37.1 Å². The number of unbranched alkanes of at least 4 members (excludes halogenated alkanes) is 5. The highest BCUT2D eigenvalue weighted by atomic mass is 16.5. The second-order valence-electron chi connectivity index (χ2n) is 8.46. The number of carbonyl (C=O) groups is 2. The number of benzene rings is 2. The molecule has 2 amide bonds. The van der Waals surface area contributed by atoms with Crippen molar-refractivity contribution in [1.82, 2.24) is 0 Å². The zero-order chi connectivity index (χ0) is 25.8. The minimum absolute atomic E-state index is 0.00822. The molecule has 2 aromatic carbocycles. The van der Waals surface area contributed by atoms with E-state index in [0.29, 0.717) is 50.8 Å². The van der Waals surface area contributed by atoms with Crippen molar-refractivity contribution in [3.05, 3.63) is 48.5 Å². The van der Waals surface area contributed by atoms with Crippen LogP contribution < -0.4 is 20.1 Å². The zero-order valence-electron chi connectivity index (χ0n) is 21.6. The van der Waals surface area contributed by atoms with Crippen molar-refractivity contribution >= 4 is 23.2 Å². The lowest BCUT2D eigenvalue weighted by Gasteiger charge is -2.09. The Morgan fingerprint density at radius 2 is 1.03 bits per heavy atom. The highest BCUT2D eigenvalue weighted by Gasteiger charge is 2.06. The zero-order valence-corrected chi connectivity index (χ0v) is 21.6. The molecule has 2 N–H and O–H groups in total.